The van der Waals surface area contributed by atoms with E-state index < -0.39 is 10.0 Å². The number of hydrogen-bond acceptors (Lipinski definition) is 6. The first-order chi connectivity index (χ1) is 14.8. The highest BCUT2D eigenvalue weighted by molar-refractivity contribution is 7.89. The molecule has 3 N–H and O–H groups in total. The number of sulfonamides is 1. The first kappa shape index (κ1) is 22.9. The van der Waals surface area contributed by atoms with E-state index in [0.717, 1.165) is 38.3 Å². The molecule has 2 aromatic rings. The molecule has 0 atom stereocenters. The van der Waals surface area contributed by atoms with Crippen molar-refractivity contribution in [3.63, 3.8) is 0 Å². The maximum Gasteiger partial charge on any atom is 0.238 e. The number of benzene rings is 2. The fourth-order valence-corrected chi connectivity index (χ4v) is 4.01. The monoisotopic (exact) mass is 441 g/mol. The van der Waals surface area contributed by atoms with E-state index in [1.165, 1.54) is 17.7 Å². The van der Waals surface area contributed by atoms with Gasteiger partial charge >= 0.3 is 0 Å². The molecule has 0 aliphatic carbocycles. The zero-order valence-electron chi connectivity index (χ0n) is 17.3. The number of rotatable bonds is 8. The lowest BCUT2D eigenvalue weighted by Gasteiger charge is -2.34. The van der Waals surface area contributed by atoms with E-state index in [-0.39, 0.29) is 10.8 Å². The van der Waals surface area contributed by atoms with Crippen molar-refractivity contribution < 1.29 is 13.2 Å². The first-order valence-electron chi connectivity index (χ1n) is 10.2. The summed E-state index contributed by atoms with van der Waals surface area (Å²) in [5, 5.41) is 16.9. The van der Waals surface area contributed by atoms with Gasteiger partial charge in [0, 0.05) is 39.3 Å². The molecule has 8 nitrogen and oxygen atoms in total. The summed E-state index contributed by atoms with van der Waals surface area (Å²) < 4.78 is 22.5. The van der Waals surface area contributed by atoms with Crippen molar-refractivity contribution in [1.29, 1.82) is 5.26 Å². The summed E-state index contributed by atoms with van der Waals surface area (Å²) in [7, 11) is -3.69. The largest absolute Gasteiger partial charge is 0.355 e. The number of carbonyl (C=O) groups is 1. The molecule has 9 heteroatoms. The van der Waals surface area contributed by atoms with Crippen molar-refractivity contribution in [2.24, 2.45) is 5.14 Å². The maximum absolute atomic E-state index is 12.2. The van der Waals surface area contributed by atoms with Gasteiger partial charge in [-0.1, -0.05) is 24.3 Å². The lowest BCUT2D eigenvalue weighted by atomic mass is 10.1. The number of nitriles is 1. The Bertz CT molecular complexity index is 1020. The summed E-state index contributed by atoms with van der Waals surface area (Å²) in [6, 6.07) is 16.1. The van der Waals surface area contributed by atoms with Crippen molar-refractivity contribution in [1.82, 2.24) is 15.1 Å². The molecule has 1 saturated heterocycles. The van der Waals surface area contributed by atoms with Crippen LogP contribution in [0.2, 0.25) is 0 Å². The minimum atomic E-state index is -3.69. The molecule has 0 spiro atoms. The molecule has 1 fully saturated rings. The molecule has 0 aromatic heterocycles. The van der Waals surface area contributed by atoms with E-state index >= 15 is 0 Å². The Labute approximate surface area is 183 Å². The number of piperazine rings is 1. The highest BCUT2D eigenvalue weighted by Crippen LogP contribution is 2.10. The van der Waals surface area contributed by atoms with Gasteiger partial charge in [0.15, 0.2) is 0 Å². The van der Waals surface area contributed by atoms with Crippen LogP contribution in [0.5, 0.6) is 0 Å². The van der Waals surface area contributed by atoms with Crippen LogP contribution in [0.25, 0.3) is 0 Å². The van der Waals surface area contributed by atoms with E-state index in [1.807, 2.05) is 24.3 Å². The van der Waals surface area contributed by atoms with Gasteiger partial charge in [0.25, 0.3) is 0 Å². The molecule has 164 valence electrons. The Morgan fingerprint density at radius 3 is 2.13 bits per heavy atom. The Morgan fingerprint density at radius 1 is 0.968 bits per heavy atom. The molecule has 0 unspecified atom stereocenters. The maximum atomic E-state index is 12.2. The van der Waals surface area contributed by atoms with Crippen LogP contribution < -0.4 is 10.5 Å². The zero-order valence-corrected chi connectivity index (χ0v) is 18.1. The Morgan fingerprint density at radius 2 is 1.55 bits per heavy atom. The summed E-state index contributed by atoms with van der Waals surface area (Å²) in [5.41, 5.74) is 2.78. The van der Waals surface area contributed by atoms with Gasteiger partial charge in [-0.2, -0.15) is 5.26 Å². The third-order valence-electron chi connectivity index (χ3n) is 5.31. The predicted octanol–water partition coefficient (Wildman–Crippen LogP) is 0.682. The number of primary sulfonamides is 1. The zero-order chi connectivity index (χ0) is 22.3. The molecule has 0 radical (unpaired) electrons. The Balaban J connectivity index is 1.34. The molecular weight excluding hydrogens is 414 g/mol. The van der Waals surface area contributed by atoms with E-state index in [4.69, 9.17) is 10.4 Å². The number of nitrogens with one attached hydrogen (secondary N) is 1. The summed E-state index contributed by atoms with van der Waals surface area (Å²) in [6.45, 7) is 5.15. The topological polar surface area (TPSA) is 120 Å². The number of nitrogens with zero attached hydrogens (tertiary/aromatic N) is 3. The SMILES string of the molecule is N#Cc1ccc(CN2CCN(CC(=O)NCCc3ccc(S(N)(=O)=O)cc3)CC2)cc1. The molecular formula is C22H27N5O3S. The fraction of sp³-hybridized carbons (Fsp3) is 0.364. The summed E-state index contributed by atoms with van der Waals surface area (Å²) in [5.74, 6) is -0.0123. The van der Waals surface area contributed by atoms with E-state index in [1.54, 1.807) is 12.1 Å². The standard InChI is InChI=1S/C22H27N5O3S/c23-15-19-1-3-20(4-2-19)16-26-11-13-27(14-12-26)17-22(28)25-10-9-18-5-7-21(8-6-18)31(24,29)30/h1-8H,9-14,16-17H2,(H,25,28)(H2,24,29,30). The van der Waals surface area contributed by atoms with Crippen LogP contribution in [0.1, 0.15) is 16.7 Å². The normalized spacial score (nSPS) is 15.4. The molecule has 31 heavy (non-hydrogen) atoms. The van der Waals surface area contributed by atoms with Gasteiger partial charge in [-0.3, -0.25) is 14.6 Å². The highest BCUT2D eigenvalue weighted by atomic mass is 32.2. The summed E-state index contributed by atoms with van der Waals surface area (Å²) >= 11 is 0. The van der Waals surface area contributed by atoms with E-state index in [9.17, 15) is 13.2 Å². The van der Waals surface area contributed by atoms with Crippen molar-refractivity contribution in [3.8, 4) is 6.07 Å². The molecule has 1 amide bonds. The average Bonchev–Trinajstić information content (AvgIpc) is 2.75. The van der Waals surface area contributed by atoms with Gasteiger partial charge in [-0.25, -0.2) is 13.6 Å². The Hall–Kier alpha value is -2.77. The minimum Gasteiger partial charge on any atom is -0.355 e. The quantitative estimate of drug-likeness (QED) is 0.622. The molecule has 1 aliphatic heterocycles. The van der Waals surface area contributed by atoms with Gasteiger partial charge < -0.3 is 5.32 Å². The number of hydrogen-bond donors (Lipinski definition) is 2. The third kappa shape index (κ3) is 7.15. The second kappa shape index (κ2) is 10.5. The van der Waals surface area contributed by atoms with Gasteiger partial charge in [0.2, 0.25) is 15.9 Å². The molecule has 0 bridgehead atoms. The first-order valence-corrected chi connectivity index (χ1v) is 11.7. The number of carbonyl (C=O) groups excluding carboxylic acids is 1. The molecule has 1 aliphatic rings. The van der Waals surface area contributed by atoms with Crippen molar-refractivity contribution in [2.45, 2.75) is 17.9 Å². The van der Waals surface area contributed by atoms with Crippen LogP contribution in [-0.4, -0.2) is 63.4 Å². The van der Waals surface area contributed by atoms with E-state index in [0.29, 0.717) is 25.1 Å². The van der Waals surface area contributed by atoms with Crippen molar-refractivity contribution in [2.75, 3.05) is 39.3 Å². The lowest BCUT2D eigenvalue weighted by Crippen LogP contribution is -2.49. The average molecular weight is 442 g/mol. The summed E-state index contributed by atoms with van der Waals surface area (Å²) in [6.07, 6.45) is 0.620. The van der Waals surface area contributed by atoms with Crippen LogP contribution >= 0.6 is 0 Å². The molecule has 0 saturated carbocycles. The van der Waals surface area contributed by atoms with Crippen LogP contribution in [0.3, 0.4) is 0 Å². The molecule has 2 aromatic carbocycles. The van der Waals surface area contributed by atoms with E-state index in [2.05, 4.69) is 21.2 Å². The highest BCUT2D eigenvalue weighted by Gasteiger charge is 2.19. The molecule has 1 heterocycles. The Kier molecular flexibility index (Phi) is 7.76. The van der Waals surface area contributed by atoms with Crippen LogP contribution in [0, 0.1) is 11.3 Å². The second-order valence-electron chi connectivity index (χ2n) is 7.65. The molecule has 3 rings (SSSR count). The second-order valence-corrected chi connectivity index (χ2v) is 9.21. The third-order valence-corrected chi connectivity index (χ3v) is 6.24. The predicted molar refractivity (Wildman–Crippen MR) is 117 cm³/mol. The van der Waals surface area contributed by atoms with Crippen molar-refractivity contribution >= 4 is 15.9 Å². The van der Waals surface area contributed by atoms with Crippen LogP contribution in [-0.2, 0) is 27.8 Å². The van der Waals surface area contributed by atoms with Crippen LogP contribution in [0.15, 0.2) is 53.4 Å². The number of nitrogens with two attached hydrogens (primary N) is 1. The van der Waals surface area contributed by atoms with Crippen LogP contribution in [0.4, 0.5) is 0 Å². The summed E-state index contributed by atoms with van der Waals surface area (Å²) in [4.78, 5) is 16.8. The van der Waals surface area contributed by atoms with Gasteiger partial charge in [0.1, 0.15) is 0 Å². The van der Waals surface area contributed by atoms with Gasteiger partial charge in [-0.05, 0) is 41.8 Å². The fourth-order valence-electron chi connectivity index (χ4n) is 3.50. The van der Waals surface area contributed by atoms with Gasteiger partial charge in [-0.15, -0.1) is 0 Å². The minimum absolute atomic E-state index is 0.0123. The van der Waals surface area contributed by atoms with Gasteiger partial charge in [0.05, 0.1) is 23.1 Å². The number of amides is 1. The smallest absolute Gasteiger partial charge is 0.238 e. The van der Waals surface area contributed by atoms with Crippen molar-refractivity contribution in [3.05, 3.63) is 65.2 Å². The lowest BCUT2D eigenvalue weighted by molar-refractivity contribution is -0.122.